The molecule has 0 radical (unpaired) electrons. The molecule has 1 N–H and O–H groups in total. The first-order valence-electron chi connectivity index (χ1n) is 3.48. The van der Waals surface area contributed by atoms with Gasteiger partial charge in [0.25, 0.3) is 6.43 Å². The van der Waals surface area contributed by atoms with Gasteiger partial charge in [-0.25, -0.2) is 8.78 Å². The van der Waals surface area contributed by atoms with Crippen LogP contribution in [0.5, 0.6) is 5.75 Å². The molecule has 2 nitrogen and oxygen atoms in total. The van der Waals surface area contributed by atoms with Crippen molar-refractivity contribution in [1.29, 1.82) is 0 Å². The van der Waals surface area contributed by atoms with Gasteiger partial charge in [-0.3, -0.25) is 4.98 Å². The van der Waals surface area contributed by atoms with Crippen LogP contribution in [-0.2, 0) is 6.18 Å². The van der Waals surface area contributed by atoms with Crippen LogP contribution in [0.1, 0.15) is 17.7 Å². The van der Waals surface area contributed by atoms with Crippen molar-refractivity contribution in [2.75, 3.05) is 0 Å². The third-order valence-corrected chi connectivity index (χ3v) is 2.61. The Morgan fingerprint density at radius 2 is 1.87 bits per heavy atom. The number of hydrogen-bond acceptors (Lipinski definition) is 2. The van der Waals surface area contributed by atoms with Crippen molar-refractivity contribution in [3.8, 4) is 5.75 Å². The van der Waals surface area contributed by atoms with Crippen LogP contribution in [-0.4, -0.2) is 10.1 Å². The maximum absolute atomic E-state index is 12.4. The van der Waals surface area contributed by atoms with Crippen LogP contribution >= 0.6 is 22.6 Å². The standard InChI is InChI=1S/C7H3F5INO/c8-6(9)5-3(7(10,11)12)4(13)2(15)1-14-5/h1,6,15H. The van der Waals surface area contributed by atoms with Gasteiger partial charge in [0.1, 0.15) is 11.4 Å². The average molecular weight is 339 g/mol. The van der Waals surface area contributed by atoms with Crippen LogP contribution in [0.4, 0.5) is 22.0 Å². The van der Waals surface area contributed by atoms with E-state index in [-0.39, 0.29) is 0 Å². The normalized spacial score (nSPS) is 12.2. The van der Waals surface area contributed by atoms with E-state index in [0.717, 1.165) is 22.6 Å². The Hall–Kier alpha value is -0.670. The molecule has 1 heterocycles. The van der Waals surface area contributed by atoms with Crippen LogP contribution in [0, 0.1) is 3.57 Å². The van der Waals surface area contributed by atoms with E-state index in [0.29, 0.717) is 6.20 Å². The summed E-state index contributed by atoms with van der Waals surface area (Å²) < 4.78 is 60.8. The smallest absolute Gasteiger partial charge is 0.419 e. The minimum atomic E-state index is -4.96. The molecule has 0 aliphatic carbocycles. The monoisotopic (exact) mass is 339 g/mol. The number of rotatable bonds is 1. The summed E-state index contributed by atoms with van der Waals surface area (Å²) in [4.78, 5) is 2.88. The Bertz CT molecular complexity index is 378. The van der Waals surface area contributed by atoms with Crippen LogP contribution in [0.15, 0.2) is 6.20 Å². The number of pyridine rings is 1. The van der Waals surface area contributed by atoms with E-state index in [1.54, 1.807) is 0 Å². The van der Waals surface area contributed by atoms with Gasteiger partial charge >= 0.3 is 6.18 Å². The molecule has 1 rings (SSSR count). The van der Waals surface area contributed by atoms with Crippen molar-refractivity contribution in [2.24, 2.45) is 0 Å². The lowest BCUT2D eigenvalue weighted by atomic mass is 10.2. The highest BCUT2D eigenvalue weighted by Crippen LogP contribution is 2.40. The molecule has 15 heavy (non-hydrogen) atoms. The summed E-state index contributed by atoms with van der Waals surface area (Å²) in [6.07, 6.45) is -7.73. The number of halogens is 6. The quantitative estimate of drug-likeness (QED) is 0.629. The van der Waals surface area contributed by atoms with E-state index in [4.69, 9.17) is 5.11 Å². The van der Waals surface area contributed by atoms with Gasteiger partial charge in [-0.1, -0.05) is 0 Å². The highest BCUT2D eigenvalue weighted by Gasteiger charge is 2.40. The van der Waals surface area contributed by atoms with Crippen LogP contribution in [0.25, 0.3) is 0 Å². The van der Waals surface area contributed by atoms with E-state index in [9.17, 15) is 22.0 Å². The minimum absolute atomic E-state index is 0.568. The van der Waals surface area contributed by atoms with Gasteiger partial charge in [0.05, 0.1) is 15.3 Å². The predicted molar refractivity (Wildman–Crippen MR) is 48.6 cm³/mol. The summed E-state index contributed by atoms with van der Waals surface area (Å²) in [6.45, 7) is 0. The molecule has 0 bridgehead atoms. The Labute approximate surface area is 94.3 Å². The van der Waals surface area contributed by atoms with E-state index in [2.05, 4.69) is 4.98 Å². The predicted octanol–water partition coefficient (Wildman–Crippen LogP) is 3.35. The van der Waals surface area contributed by atoms with Gasteiger partial charge in [-0.15, -0.1) is 0 Å². The first-order valence-corrected chi connectivity index (χ1v) is 4.55. The van der Waals surface area contributed by atoms with Crippen molar-refractivity contribution in [1.82, 2.24) is 4.98 Å². The van der Waals surface area contributed by atoms with Gasteiger partial charge in [0.15, 0.2) is 0 Å². The first-order chi connectivity index (χ1) is 6.75. The first kappa shape index (κ1) is 12.4. The molecule has 1 aromatic rings. The fourth-order valence-corrected chi connectivity index (χ4v) is 1.65. The van der Waals surface area contributed by atoms with Crippen molar-refractivity contribution in [3.63, 3.8) is 0 Å². The lowest BCUT2D eigenvalue weighted by Crippen LogP contribution is -2.13. The summed E-state index contributed by atoms with van der Waals surface area (Å²) in [5.74, 6) is -0.771. The van der Waals surface area contributed by atoms with Gasteiger partial charge in [-0.05, 0) is 22.6 Å². The largest absolute Gasteiger partial charge is 0.505 e. The zero-order valence-electron chi connectivity index (χ0n) is 6.82. The van der Waals surface area contributed by atoms with E-state index >= 15 is 0 Å². The molecule has 0 unspecified atom stereocenters. The topological polar surface area (TPSA) is 33.1 Å². The van der Waals surface area contributed by atoms with Gasteiger partial charge in [-0.2, -0.15) is 13.2 Å². The van der Waals surface area contributed by atoms with Crippen LogP contribution < -0.4 is 0 Å². The highest BCUT2D eigenvalue weighted by atomic mass is 127. The molecule has 1 aromatic heterocycles. The van der Waals surface area contributed by atoms with E-state index in [1.165, 1.54) is 0 Å². The molecule has 0 saturated carbocycles. The molecule has 0 amide bonds. The maximum atomic E-state index is 12.4. The third-order valence-electron chi connectivity index (χ3n) is 1.52. The molecule has 0 aliphatic heterocycles. The van der Waals surface area contributed by atoms with Crippen LogP contribution in [0.3, 0.4) is 0 Å². The molecular formula is C7H3F5INO. The van der Waals surface area contributed by atoms with Crippen molar-refractivity contribution < 1.29 is 27.1 Å². The molecule has 8 heteroatoms. The highest BCUT2D eigenvalue weighted by molar-refractivity contribution is 14.1. The number of aromatic nitrogens is 1. The summed E-state index contributed by atoms with van der Waals surface area (Å²) in [6, 6.07) is 0. The second-order valence-corrected chi connectivity index (χ2v) is 3.59. The van der Waals surface area contributed by atoms with Gasteiger partial charge in [0, 0.05) is 0 Å². The lowest BCUT2D eigenvalue weighted by Gasteiger charge is -2.13. The fourth-order valence-electron chi connectivity index (χ4n) is 0.928. The molecule has 0 atom stereocenters. The Morgan fingerprint density at radius 1 is 1.33 bits per heavy atom. The number of alkyl halides is 5. The molecule has 0 aromatic carbocycles. The fraction of sp³-hybridized carbons (Fsp3) is 0.286. The zero-order valence-corrected chi connectivity index (χ0v) is 8.97. The SMILES string of the molecule is Oc1cnc(C(F)F)c(C(F)(F)F)c1I. The second-order valence-electron chi connectivity index (χ2n) is 2.52. The Balaban J connectivity index is 3.49. The van der Waals surface area contributed by atoms with Crippen molar-refractivity contribution in [3.05, 3.63) is 21.0 Å². The zero-order chi connectivity index (χ0) is 11.8. The maximum Gasteiger partial charge on any atom is 0.419 e. The number of aromatic hydroxyl groups is 1. The summed E-state index contributed by atoms with van der Waals surface area (Å²) >= 11 is 1.15. The minimum Gasteiger partial charge on any atom is -0.505 e. The van der Waals surface area contributed by atoms with Gasteiger partial charge in [0.2, 0.25) is 0 Å². The molecule has 0 spiro atoms. The average Bonchev–Trinajstić information content (AvgIpc) is 2.06. The molecule has 0 fully saturated rings. The molecular weight excluding hydrogens is 336 g/mol. The second kappa shape index (κ2) is 4.06. The van der Waals surface area contributed by atoms with Crippen molar-refractivity contribution >= 4 is 22.6 Å². The van der Waals surface area contributed by atoms with E-state index in [1.807, 2.05) is 0 Å². The molecule has 0 saturated heterocycles. The summed E-state index contributed by atoms with van der Waals surface area (Å²) in [7, 11) is 0. The Morgan fingerprint density at radius 3 is 2.27 bits per heavy atom. The molecule has 0 aliphatic rings. The van der Waals surface area contributed by atoms with Gasteiger partial charge < -0.3 is 5.11 Å². The lowest BCUT2D eigenvalue weighted by molar-refractivity contribution is -0.140. The van der Waals surface area contributed by atoms with E-state index < -0.39 is 33.2 Å². The number of hydrogen-bond donors (Lipinski definition) is 1. The summed E-state index contributed by atoms with van der Waals surface area (Å²) in [5.41, 5.74) is -2.96. The number of nitrogens with zero attached hydrogens (tertiary/aromatic N) is 1. The van der Waals surface area contributed by atoms with Crippen LogP contribution in [0.2, 0.25) is 0 Å². The summed E-state index contributed by atoms with van der Waals surface area (Å²) in [5, 5.41) is 8.95. The Kier molecular flexibility index (Phi) is 3.36. The molecule has 84 valence electrons. The van der Waals surface area contributed by atoms with Crippen molar-refractivity contribution in [2.45, 2.75) is 12.6 Å². The third kappa shape index (κ3) is 2.47.